The topological polar surface area (TPSA) is 59.0 Å². The Kier molecular flexibility index (Phi) is 2.95. The lowest BCUT2D eigenvalue weighted by Crippen LogP contribution is -2.18. The van der Waals surface area contributed by atoms with Crippen molar-refractivity contribution < 1.29 is 4.79 Å². The Hall–Kier alpha value is -2.30. The summed E-state index contributed by atoms with van der Waals surface area (Å²) in [5, 5.41) is 10.4. The van der Waals surface area contributed by atoms with Crippen molar-refractivity contribution in [1.29, 1.82) is 0 Å². The molecule has 5 nitrogen and oxygen atoms in total. The summed E-state index contributed by atoms with van der Waals surface area (Å²) >= 11 is 0. The Morgan fingerprint density at radius 2 is 2.32 bits per heavy atom. The second kappa shape index (κ2) is 4.76. The number of rotatable bonds is 2. The number of anilines is 2. The number of fused-ring (bicyclic) bond motifs is 1. The molecule has 19 heavy (non-hydrogen) atoms. The minimum atomic E-state index is -0.167. The highest BCUT2D eigenvalue weighted by atomic mass is 16.1. The van der Waals surface area contributed by atoms with Crippen molar-refractivity contribution in [3.05, 3.63) is 41.7 Å². The maximum absolute atomic E-state index is 12.1. The maximum Gasteiger partial charge on any atom is 0.276 e. The average molecular weight is 256 g/mol. The smallest absolute Gasteiger partial charge is 0.276 e. The van der Waals surface area contributed by atoms with Crippen LogP contribution in [0, 0.1) is 0 Å². The number of aryl methyl sites for hydroxylation is 1. The summed E-state index contributed by atoms with van der Waals surface area (Å²) in [5.74, 6) is -0.167. The minimum Gasteiger partial charge on any atom is -0.385 e. The van der Waals surface area contributed by atoms with Gasteiger partial charge in [0.2, 0.25) is 0 Å². The molecule has 0 saturated carbocycles. The second-order valence-corrected chi connectivity index (χ2v) is 4.69. The molecule has 1 aromatic heterocycles. The molecule has 0 aliphatic carbocycles. The zero-order valence-electron chi connectivity index (χ0n) is 10.8. The van der Waals surface area contributed by atoms with Crippen molar-refractivity contribution in [2.75, 3.05) is 17.2 Å². The molecule has 5 heteroatoms. The third-order valence-corrected chi connectivity index (χ3v) is 3.29. The standard InChI is InChI=1S/C14H16N4O/c1-18-9-7-13(17-18)14(19)16-12-6-2-5-11-10(12)4-3-8-15-11/h2,5-7,9,15H,3-4,8H2,1H3,(H,16,19). The van der Waals surface area contributed by atoms with Crippen LogP contribution in [0.1, 0.15) is 22.5 Å². The molecule has 0 radical (unpaired) electrons. The number of benzene rings is 1. The van der Waals surface area contributed by atoms with E-state index in [1.165, 1.54) is 5.56 Å². The van der Waals surface area contributed by atoms with E-state index in [2.05, 4.69) is 15.7 Å². The number of carbonyl (C=O) groups is 1. The molecule has 0 bridgehead atoms. The van der Waals surface area contributed by atoms with E-state index in [1.54, 1.807) is 24.0 Å². The lowest BCUT2D eigenvalue weighted by molar-refractivity contribution is 0.102. The summed E-state index contributed by atoms with van der Waals surface area (Å²) in [5.41, 5.74) is 3.60. The van der Waals surface area contributed by atoms with Crippen molar-refractivity contribution in [3.63, 3.8) is 0 Å². The number of carbonyl (C=O) groups excluding carboxylic acids is 1. The predicted octanol–water partition coefficient (Wildman–Crippen LogP) is 2.03. The van der Waals surface area contributed by atoms with Crippen LogP contribution in [0.15, 0.2) is 30.5 Å². The van der Waals surface area contributed by atoms with Gasteiger partial charge in [0.1, 0.15) is 0 Å². The van der Waals surface area contributed by atoms with Crippen molar-refractivity contribution in [2.45, 2.75) is 12.8 Å². The molecule has 0 spiro atoms. The van der Waals surface area contributed by atoms with E-state index in [0.29, 0.717) is 5.69 Å². The van der Waals surface area contributed by atoms with Gasteiger partial charge in [0, 0.05) is 31.2 Å². The molecule has 2 N–H and O–H groups in total. The van der Waals surface area contributed by atoms with Gasteiger partial charge in [-0.1, -0.05) is 6.07 Å². The van der Waals surface area contributed by atoms with Crippen LogP contribution in [0.2, 0.25) is 0 Å². The second-order valence-electron chi connectivity index (χ2n) is 4.69. The average Bonchev–Trinajstić information content (AvgIpc) is 2.86. The molecule has 1 aliphatic rings. The summed E-state index contributed by atoms with van der Waals surface area (Å²) in [6.07, 6.45) is 3.83. The van der Waals surface area contributed by atoms with Crippen LogP contribution >= 0.6 is 0 Å². The van der Waals surface area contributed by atoms with Crippen molar-refractivity contribution in [2.24, 2.45) is 7.05 Å². The van der Waals surface area contributed by atoms with E-state index in [4.69, 9.17) is 0 Å². The lowest BCUT2D eigenvalue weighted by atomic mass is 10.0. The molecule has 2 aromatic rings. The first-order chi connectivity index (χ1) is 9.24. The Labute approximate surface area is 111 Å². The third kappa shape index (κ3) is 2.31. The normalized spacial score (nSPS) is 13.5. The summed E-state index contributed by atoms with van der Waals surface area (Å²) in [6, 6.07) is 7.64. The van der Waals surface area contributed by atoms with Gasteiger partial charge in [0.05, 0.1) is 0 Å². The highest BCUT2D eigenvalue weighted by molar-refractivity contribution is 6.03. The van der Waals surface area contributed by atoms with Gasteiger partial charge in [-0.2, -0.15) is 5.10 Å². The molecule has 1 amide bonds. The Morgan fingerprint density at radius 3 is 3.11 bits per heavy atom. The summed E-state index contributed by atoms with van der Waals surface area (Å²) in [7, 11) is 1.80. The molecule has 0 atom stereocenters. The van der Waals surface area contributed by atoms with Gasteiger partial charge in [0.15, 0.2) is 5.69 Å². The minimum absolute atomic E-state index is 0.167. The predicted molar refractivity (Wildman–Crippen MR) is 74.4 cm³/mol. The monoisotopic (exact) mass is 256 g/mol. The third-order valence-electron chi connectivity index (χ3n) is 3.29. The highest BCUT2D eigenvalue weighted by Gasteiger charge is 2.15. The van der Waals surface area contributed by atoms with E-state index in [9.17, 15) is 4.79 Å². The molecule has 0 unspecified atom stereocenters. The molecule has 0 fully saturated rings. The van der Waals surface area contributed by atoms with Gasteiger partial charge in [-0.25, -0.2) is 0 Å². The molecular weight excluding hydrogens is 240 g/mol. The number of amides is 1. The summed E-state index contributed by atoms with van der Waals surface area (Å²) in [6.45, 7) is 0.991. The number of hydrogen-bond donors (Lipinski definition) is 2. The van der Waals surface area contributed by atoms with E-state index >= 15 is 0 Å². The van der Waals surface area contributed by atoms with E-state index in [-0.39, 0.29) is 5.91 Å². The molecule has 3 rings (SSSR count). The van der Waals surface area contributed by atoms with Crippen LogP contribution in [0.25, 0.3) is 0 Å². The van der Waals surface area contributed by atoms with Gasteiger partial charge in [-0.15, -0.1) is 0 Å². The summed E-state index contributed by atoms with van der Waals surface area (Å²) < 4.78 is 1.62. The van der Waals surface area contributed by atoms with E-state index in [1.807, 2.05) is 18.2 Å². The maximum atomic E-state index is 12.1. The van der Waals surface area contributed by atoms with Gasteiger partial charge >= 0.3 is 0 Å². The fourth-order valence-corrected chi connectivity index (χ4v) is 2.35. The fourth-order valence-electron chi connectivity index (χ4n) is 2.35. The highest BCUT2D eigenvalue weighted by Crippen LogP contribution is 2.29. The largest absolute Gasteiger partial charge is 0.385 e. The van der Waals surface area contributed by atoms with Gasteiger partial charge in [-0.3, -0.25) is 9.48 Å². The molecular formula is C14H16N4O. The van der Waals surface area contributed by atoms with Crippen molar-refractivity contribution >= 4 is 17.3 Å². The molecule has 2 heterocycles. The first kappa shape index (κ1) is 11.8. The molecule has 1 aromatic carbocycles. The van der Waals surface area contributed by atoms with Crippen molar-refractivity contribution in [1.82, 2.24) is 9.78 Å². The first-order valence-electron chi connectivity index (χ1n) is 6.41. The van der Waals surface area contributed by atoms with Gasteiger partial charge in [-0.05, 0) is 36.6 Å². The van der Waals surface area contributed by atoms with E-state index in [0.717, 1.165) is 30.8 Å². The number of hydrogen-bond acceptors (Lipinski definition) is 3. The van der Waals surface area contributed by atoms with Crippen LogP contribution in [0.3, 0.4) is 0 Å². The number of aromatic nitrogens is 2. The van der Waals surface area contributed by atoms with Crippen LogP contribution in [0.4, 0.5) is 11.4 Å². The van der Waals surface area contributed by atoms with Crippen LogP contribution < -0.4 is 10.6 Å². The molecule has 98 valence electrons. The van der Waals surface area contributed by atoms with E-state index < -0.39 is 0 Å². The number of nitrogens with one attached hydrogen (secondary N) is 2. The van der Waals surface area contributed by atoms with Crippen molar-refractivity contribution in [3.8, 4) is 0 Å². The zero-order chi connectivity index (χ0) is 13.2. The first-order valence-corrected chi connectivity index (χ1v) is 6.41. The van der Waals surface area contributed by atoms with Crippen LogP contribution in [0.5, 0.6) is 0 Å². The lowest BCUT2D eigenvalue weighted by Gasteiger charge is -2.20. The SMILES string of the molecule is Cn1ccc(C(=O)Nc2cccc3c2CCCN3)n1. The van der Waals surface area contributed by atoms with Gasteiger partial charge in [0.25, 0.3) is 5.91 Å². The Bertz CT molecular complexity index is 618. The Morgan fingerprint density at radius 1 is 1.42 bits per heavy atom. The zero-order valence-corrected chi connectivity index (χ0v) is 10.8. The van der Waals surface area contributed by atoms with Gasteiger partial charge < -0.3 is 10.6 Å². The molecule has 0 saturated heterocycles. The van der Waals surface area contributed by atoms with Crippen LogP contribution in [-0.2, 0) is 13.5 Å². The summed E-state index contributed by atoms with van der Waals surface area (Å²) in [4.78, 5) is 12.1. The Balaban J connectivity index is 1.85. The quantitative estimate of drug-likeness (QED) is 0.864. The fraction of sp³-hybridized carbons (Fsp3) is 0.286. The number of nitrogens with zero attached hydrogens (tertiary/aromatic N) is 2. The van der Waals surface area contributed by atoms with Crippen LogP contribution in [-0.4, -0.2) is 22.2 Å². The molecule has 1 aliphatic heterocycles.